The molecule has 1 aliphatic rings. The van der Waals surface area contributed by atoms with E-state index in [0.717, 1.165) is 21.3 Å². The largest absolute Gasteiger partial charge is 0.375 e. The Labute approximate surface area is 228 Å². The number of amides is 2. The van der Waals surface area contributed by atoms with Crippen LogP contribution < -0.4 is 16.0 Å². The van der Waals surface area contributed by atoms with E-state index >= 15 is 0 Å². The lowest BCUT2D eigenvalue weighted by molar-refractivity contribution is -0.124. The fourth-order valence-electron chi connectivity index (χ4n) is 4.05. The van der Waals surface area contributed by atoms with Crippen molar-refractivity contribution in [3.05, 3.63) is 57.9 Å². The number of thiazole rings is 1. The summed E-state index contributed by atoms with van der Waals surface area (Å²) in [7, 11) is -3.11. The molecule has 2 heterocycles. The van der Waals surface area contributed by atoms with Crippen LogP contribution in [0.2, 0.25) is 0 Å². The lowest BCUT2D eigenvalue weighted by Crippen LogP contribution is -2.44. The first-order valence-electron chi connectivity index (χ1n) is 11.0. The minimum absolute atomic E-state index is 0. The van der Waals surface area contributed by atoms with Gasteiger partial charge in [-0.1, -0.05) is 28.1 Å². The summed E-state index contributed by atoms with van der Waals surface area (Å²) in [6.07, 6.45) is 0.523. The number of aryl methyl sites for hydroxylation is 1. The smallest absolute Gasteiger partial charge is 0.244 e. The predicted octanol–water partition coefficient (Wildman–Crippen LogP) is 4.68. The SMILES string of the molecule is Cc1cc(Br)ccc1N(CC(=O)Nc1ccc(-c2csc(N)n2)cc1)C(=O)C1CCS(=O)(=O)CC1.Cl. The number of nitrogens with one attached hydrogen (secondary N) is 1. The van der Waals surface area contributed by atoms with E-state index in [4.69, 9.17) is 5.73 Å². The zero-order chi connectivity index (χ0) is 25.2. The van der Waals surface area contributed by atoms with Crippen molar-refractivity contribution in [3.63, 3.8) is 0 Å². The third-order valence-corrected chi connectivity index (χ3v) is 8.79. The number of benzene rings is 2. The number of anilines is 3. The summed E-state index contributed by atoms with van der Waals surface area (Å²) in [4.78, 5) is 32.2. The number of carbonyl (C=O) groups excluding carboxylic acids is 2. The molecule has 4 rings (SSSR count). The molecular weight excluding hydrogens is 588 g/mol. The highest BCUT2D eigenvalue weighted by Gasteiger charge is 2.33. The number of halogens is 2. The van der Waals surface area contributed by atoms with Gasteiger partial charge in [-0.15, -0.1) is 23.7 Å². The first-order valence-corrected chi connectivity index (χ1v) is 14.5. The molecule has 8 nitrogen and oxygen atoms in total. The molecule has 2 amide bonds. The molecular formula is C24H26BrClN4O4S2. The monoisotopic (exact) mass is 612 g/mol. The molecule has 0 radical (unpaired) electrons. The van der Waals surface area contributed by atoms with Gasteiger partial charge in [0, 0.05) is 32.7 Å². The first kappa shape index (κ1) is 28.1. The van der Waals surface area contributed by atoms with Gasteiger partial charge in [-0.2, -0.15) is 0 Å². The molecule has 36 heavy (non-hydrogen) atoms. The average Bonchev–Trinajstić information content (AvgIpc) is 3.24. The Balaban J connectivity index is 0.00000361. The zero-order valence-electron chi connectivity index (χ0n) is 19.4. The van der Waals surface area contributed by atoms with E-state index in [-0.39, 0.29) is 55.1 Å². The van der Waals surface area contributed by atoms with E-state index in [2.05, 4.69) is 26.2 Å². The Hall–Kier alpha value is -2.47. The van der Waals surface area contributed by atoms with Gasteiger partial charge in [0.1, 0.15) is 16.4 Å². The van der Waals surface area contributed by atoms with Crippen molar-refractivity contribution in [1.82, 2.24) is 4.98 Å². The lowest BCUT2D eigenvalue weighted by Gasteiger charge is -2.30. The van der Waals surface area contributed by atoms with Crippen LogP contribution in [0.5, 0.6) is 0 Å². The second kappa shape index (κ2) is 11.7. The second-order valence-corrected chi connectivity index (χ2v) is 12.6. The molecule has 1 saturated heterocycles. The predicted molar refractivity (Wildman–Crippen MR) is 150 cm³/mol. The molecule has 3 aromatic rings. The molecule has 1 fully saturated rings. The molecule has 0 aliphatic carbocycles. The molecule has 0 unspecified atom stereocenters. The van der Waals surface area contributed by atoms with Crippen molar-refractivity contribution in [1.29, 1.82) is 0 Å². The van der Waals surface area contributed by atoms with Crippen molar-refractivity contribution in [3.8, 4) is 11.3 Å². The Morgan fingerprint density at radius 3 is 2.42 bits per heavy atom. The summed E-state index contributed by atoms with van der Waals surface area (Å²) in [6.45, 7) is 1.68. The number of hydrogen-bond acceptors (Lipinski definition) is 7. The second-order valence-electron chi connectivity index (χ2n) is 8.48. The normalized spacial score (nSPS) is 15.1. The summed E-state index contributed by atoms with van der Waals surface area (Å²) >= 11 is 4.79. The Morgan fingerprint density at radius 1 is 1.17 bits per heavy atom. The molecule has 12 heteroatoms. The Kier molecular flexibility index (Phi) is 9.15. The summed E-state index contributed by atoms with van der Waals surface area (Å²) in [5, 5.41) is 5.20. The van der Waals surface area contributed by atoms with Gasteiger partial charge in [0.2, 0.25) is 11.8 Å². The zero-order valence-corrected chi connectivity index (χ0v) is 23.5. The molecule has 1 aliphatic heterocycles. The van der Waals surface area contributed by atoms with E-state index in [1.165, 1.54) is 16.2 Å². The van der Waals surface area contributed by atoms with Gasteiger partial charge in [0.25, 0.3) is 0 Å². The van der Waals surface area contributed by atoms with Gasteiger partial charge in [0.05, 0.1) is 17.2 Å². The highest BCUT2D eigenvalue weighted by atomic mass is 79.9. The van der Waals surface area contributed by atoms with E-state index in [0.29, 0.717) is 16.5 Å². The van der Waals surface area contributed by atoms with Crippen molar-refractivity contribution in [2.24, 2.45) is 5.92 Å². The Morgan fingerprint density at radius 2 is 1.83 bits per heavy atom. The van der Waals surface area contributed by atoms with E-state index in [9.17, 15) is 18.0 Å². The average molecular weight is 614 g/mol. The number of nitrogens with two attached hydrogens (primary N) is 1. The van der Waals surface area contributed by atoms with Crippen molar-refractivity contribution in [2.75, 3.05) is 34.0 Å². The quantitative estimate of drug-likeness (QED) is 0.416. The molecule has 0 bridgehead atoms. The molecule has 0 spiro atoms. The van der Waals surface area contributed by atoms with Gasteiger partial charge in [-0.25, -0.2) is 13.4 Å². The fraction of sp³-hybridized carbons (Fsp3) is 0.292. The Bertz CT molecular complexity index is 1350. The third kappa shape index (κ3) is 6.84. The highest BCUT2D eigenvalue weighted by Crippen LogP contribution is 2.29. The summed E-state index contributed by atoms with van der Waals surface area (Å²) < 4.78 is 24.5. The van der Waals surface area contributed by atoms with Crippen LogP contribution in [-0.4, -0.2) is 43.3 Å². The molecule has 192 valence electrons. The first-order chi connectivity index (χ1) is 16.6. The van der Waals surface area contributed by atoms with Crippen LogP contribution in [-0.2, 0) is 19.4 Å². The minimum atomic E-state index is -3.11. The standard InChI is InChI=1S/C24H25BrN4O4S2.ClH/c1-15-12-18(25)4-7-21(15)29(23(31)17-8-10-35(32,33)11-9-17)13-22(30)27-19-5-2-16(3-6-19)20-14-34-24(26)28-20;/h2-7,12,14,17H,8-11,13H2,1H3,(H2,26,28)(H,27,30);1H. The lowest BCUT2D eigenvalue weighted by atomic mass is 10.00. The maximum Gasteiger partial charge on any atom is 0.244 e. The van der Waals surface area contributed by atoms with Crippen LogP contribution >= 0.6 is 39.7 Å². The van der Waals surface area contributed by atoms with Gasteiger partial charge < -0.3 is 16.0 Å². The van der Waals surface area contributed by atoms with Gasteiger partial charge in [-0.05, 0) is 55.7 Å². The van der Waals surface area contributed by atoms with E-state index < -0.39 is 15.8 Å². The number of sulfone groups is 1. The number of hydrogen-bond donors (Lipinski definition) is 2. The highest BCUT2D eigenvalue weighted by molar-refractivity contribution is 9.10. The maximum atomic E-state index is 13.5. The van der Waals surface area contributed by atoms with Crippen molar-refractivity contribution < 1.29 is 18.0 Å². The summed E-state index contributed by atoms with van der Waals surface area (Å²) in [5.74, 6) is -1.06. The van der Waals surface area contributed by atoms with Gasteiger partial charge in [-0.3, -0.25) is 9.59 Å². The number of rotatable bonds is 6. The summed E-state index contributed by atoms with van der Waals surface area (Å²) in [5.41, 5.74) is 9.39. The van der Waals surface area contributed by atoms with Crippen LogP contribution in [0, 0.1) is 12.8 Å². The molecule has 0 saturated carbocycles. The fourth-order valence-corrected chi connectivity index (χ4v) is 6.59. The maximum absolute atomic E-state index is 13.5. The number of aromatic nitrogens is 1. The van der Waals surface area contributed by atoms with Crippen molar-refractivity contribution in [2.45, 2.75) is 19.8 Å². The van der Waals surface area contributed by atoms with Gasteiger partial charge >= 0.3 is 0 Å². The molecule has 1 aromatic heterocycles. The number of nitrogen functional groups attached to an aromatic ring is 1. The summed E-state index contributed by atoms with van der Waals surface area (Å²) in [6, 6.07) is 12.7. The third-order valence-electron chi connectivity index (χ3n) is 5.91. The molecule has 3 N–H and O–H groups in total. The van der Waals surface area contributed by atoms with Crippen LogP contribution in [0.3, 0.4) is 0 Å². The van der Waals surface area contributed by atoms with Crippen LogP contribution in [0.1, 0.15) is 18.4 Å². The topological polar surface area (TPSA) is 122 Å². The van der Waals surface area contributed by atoms with Crippen LogP contribution in [0.4, 0.5) is 16.5 Å². The van der Waals surface area contributed by atoms with Crippen LogP contribution in [0.25, 0.3) is 11.3 Å². The number of carbonyl (C=O) groups is 2. The van der Waals surface area contributed by atoms with E-state index in [1.807, 2.05) is 36.6 Å². The molecule has 2 aromatic carbocycles. The number of nitrogens with zero attached hydrogens (tertiary/aromatic N) is 2. The van der Waals surface area contributed by atoms with Crippen LogP contribution in [0.15, 0.2) is 52.3 Å². The minimum Gasteiger partial charge on any atom is -0.375 e. The molecule has 0 atom stereocenters. The van der Waals surface area contributed by atoms with Gasteiger partial charge in [0.15, 0.2) is 5.13 Å². The van der Waals surface area contributed by atoms with Crippen molar-refractivity contribution >= 4 is 77.8 Å². The van der Waals surface area contributed by atoms with E-state index in [1.54, 1.807) is 18.2 Å².